The molecule has 1 N–H and O–H groups in total. The molecule has 0 spiro atoms. The molecule has 0 bridgehead atoms. The molecule has 1 aliphatic heterocycles. The number of hydrogen-bond acceptors (Lipinski definition) is 1. The normalized spacial score (nSPS) is 17.5. The van der Waals surface area contributed by atoms with Crippen molar-refractivity contribution in [2.75, 3.05) is 5.32 Å². The molecule has 1 saturated carbocycles. The molecule has 2 aliphatic rings. The largest absolute Gasteiger partial charge is 0.355 e. The molecule has 0 radical (unpaired) electrons. The third kappa shape index (κ3) is 3.17. The number of benzene rings is 2. The van der Waals surface area contributed by atoms with Gasteiger partial charge in [-0.05, 0) is 36.0 Å². The van der Waals surface area contributed by atoms with Crippen molar-refractivity contribution in [3.63, 3.8) is 0 Å². The monoisotopic (exact) mass is 339 g/mol. The van der Waals surface area contributed by atoms with E-state index in [0.29, 0.717) is 5.92 Å². The molecule has 0 saturated heterocycles. The number of fused-ring (bicyclic) bond motifs is 1. The molecular formula is C25H25N. The minimum absolute atomic E-state index is 0.699. The molecule has 0 aromatic heterocycles. The first-order valence-electron chi connectivity index (χ1n) is 9.47. The van der Waals surface area contributed by atoms with Gasteiger partial charge in [-0.3, -0.25) is 0 Å². The van der Waals surface area contributed by atoms with E-state index in [2.05, 4.69) is 85.2 Å². The third-order valence-corrected chi connectivity index (χ3v) is 5.39. The van der Waals surface area contributed by atoms with Crippen LogP contribution in [0.25, 0.3) is 5.57 Å². The van der Waals surface area contributed by atoms with E-state index in [4.69, 9.17) is 0 Å². The predicted octanol–water partition coefficient (Wildman–Crippen LogP) is 6.73. The molecular weight excluding hydrogens is 314 g/mol. The number of hydrogen-bond donors (Lipinski definition) is 1. The van der Waals surface area contributed by atoms with Crippen LogP contribution in [0.1, 0.15) is 36.8 Å². The van der Waals surface area contributed by atoms with Crippen LogP contribution in [0.5, 0.6) is 0 Å². The lowest BCUT2D eigenvalue weighted by molar-refractivity contribution is 0.685. The second-order valence-corrected chi connectivity index (χ2v) is 7.19. The van der Waals surface area contributed by atoms with Crippen molar-refractivity contribution in [3.8, 4) is 0 Å². The van der Waals surface area contributed by atoms with Gasteiger partial charge in [0.15, 0.2) is 0 Å². The second-order valence-electron chi connectivity index (χ2n) is 7.19. The maximum Gasteiger partial charge on any atom is 0.0464 e. The zero-order valence-electron chi connectivity index (χ0n) is 15.2. The van der Waals surface area contributed by atoms with Gasteiger partial charge in [-0.15, -0.1) is 0 Å². The van der Waals surface area contributed by atoms with Gasteiger partial charge in [0.1, 0.15) is 0 Å². The minimum Gasteiger partial charge on any atom is -0.355 e. The maximum atomic E-state index is 4.39. The molecule has 1 aliphatic carbocycles. The topological polar surface area (TPSA) is 12.0 Å². The van der Waals surface area contributed by atoms with E-state index in [1.165, 1.54) is 42.4 Å². The van der Waals surface area contributed by atoms with Crippen LogP contribution in [0.4, 0.5) is 5.69 Å². The van der Waals surface area contributed by atoms with Crippen molar-refractivity contribution >= 4 is 11.3 Å². The Hall–Kier alpha value is -2.80. The molecule has 130 valence electrons. The number of allylic oxidation sites excluding steroid dienone is 3. The highest BCUT2D eigenvalue weighted by atomic mass is 14.9. The fourth-order valence-corrected chi connectivity index (χ4v) is 4.07. The van der Waals surface area contributed by atoms with Gasteiger partial charge in [0.2, 0.25) is 0 Å². The van der Waals surface area contributed by atoms with Crippen LogP contribution in [-0.2, 0) is 0 Å². The molecule has 2 aromatic rings. The Balaban J connectivity index is 1.82. The van der Waals surface area contributed by atoms with Crippen LogP contribution in [-0.4, -0.2) is 0 Å². The fraction of sp³-hybridized carbons (Fsp3) is 0.200. The lowest BCUT2D eigenvalue weighted by Crippen LogP contribution is -2.13. The third-order valence-electron chi connectivity index (χ3n) is 5.39. The standard InChI is InChI=1S/C25H25N/c1-18(16-17-20-10-6-7-11-20)24-19(2)26-23-15-9-8-14-22(23)25(24)21-12-4-3-5-13-21/h3-5,8-9,12-17,20,26H,1-2,6-7,10-11H2/b17-16+. The summed E-state index contributed by atoms with van der Waals surface area (Å²) in [6, 6.07) is 19.0. The van der Waals surface area contributed by atoms with E-state index < -0.39 is 0 Å². The number of para-hydroxylation sites is 1. The molecule has 0 unspecified atom stereocenters. The highest BCUT2D eigenvalue weighted by molar-refractivity contribution is 5.96. The zero-order chi connectivity index (χ0) is 17.9. The molecule has 1 heteroatoms. The van der Waals surface area contributed by atoms with Crippen LogP contribution < -0.4 is 5.32 Å². The Morgan fingerprint density at radius 2 is 1.65 bits per heavy atom. The maximum absolute atomic E-state index is 4.39. The fourth-order valence-electron chi connectivity index (χ4n) is 4.07. The summed E-state index contributed by atoms with van der Waals surface area (Å²) in [6.07, 6.45) is 9.85. The van der Waals surface area contributed by atoms with Crippen LogP contribution in [0.3, 0.4) is 0 Å². The van der Waals surface area contributed by atoms with E-state index in [-0.39, 0.29) is 0 Å². The summed E-state index contributed by atoms with van der Waals surface area (Å²) >= 11 is 0. The predicted molar refractivity (Wildman–Crippen MR) is 112 cm³/mol. The Morgan fingerprint density at radius 1 is 0.962 bits per heavy atom. The van der Waals surface area contributed by atoms with Crippen molar-refractivity contribution in [3.05, 3.63) is 108 Å². The first kappa shape index (κ1) is 16.7. The SMILES string of the molecule is C=C(/C=C/C1CCCC1)C1=C(c2ccccc2)c2ccccc2NC1=C. The molecule has 4 rings (SSSR count). The summed E-state index contributed by atoms with van der Waals surface area (Å²) in [4.78, 5) is 0. The van der Waals surface area contributed by atoms with E-state index in [1.807, 2.05) is 0 Å². The first-order chi connectivity index (χ1) is 12.7. The van der Waals surface area contributed by atoms with Gasteiger partial charge in [-0.1, -0.05) is 86.7 Å². The van der Waals surface area contributed by atoms with Crippen molar-refractivity contribution in [2.45, 2.75) is 25.7 Å². The van der Waals surface area contributed by atoms with Gasteiger partial charge in [0.05, 0.1) is 0 Å². The van der Waals surface area contributed by atoms with Gasteiger partial charge < -0.3 is 5.32 Å². The highest BCUT2D eigenvalue weighted by Crippen LogP contribution is 2.41. The second kappa shape index (κ2) is 7.21. The smallest absolute Gasteiger partial charge is 0.0464 e. The Morgan fingerprint density at radius 3 is 2.42 bits per heavy atom. The summed E-state index contributed by atoms with van der Waals surface area (Å²) in [5, 5.41) is 3.47. The van der Waals surface area contributed by atoms with Crippen molar-refractivity contribution < 1.29 is 0 Å². The van der Waals surface area contributed by atoms with Gasteiger partial charge in [-0.25, -0.2) is 0 Å². The van der Waals surface area contributed by atoms with Crippen molar-refractivity contribution in [1.29, 1.82) is 0 Å². The average molecular weight is 339 g/mol. The van der Waals surface area contributed by atoms with Gasteiger partial charge >= 0.3 is 0 Å². The summed E-state index contributed by atoms with van der Waals surface area (Å²) in [6.45, 7) is 8.70. The summed E-state index contributed by atoms with van der Waals surface area (Å²) in [5.74, 6) is 0.699. The Labute approximate surface area is 156 Å². The average Bonchev–Trinajstić information content (AvgIpc) is 3.19. The zero-order valence-corrected chi connectivity index (χ0v) is 15.2. The van der Waals surface area contributed by atoms with E-state index in [1.54, 1.807) is 0 Å². The number of nitrogens with one attached hydrogen (secondary N) is 1. The molecule has 0 atom stereocenters. The number of rotatable bonds is 4. The molecule has 26 heavy (non-hydrogen) atoms. The summed E-state index contributed by atoms with van der Waals surface area (Å²) < 4.78 is 0. The minimum atomic E-state index is 0.699. The highest BCUT2D eigenvalue weighted by Gasteiger charge is 2.23. The van der Waals surface area contributed by atoms with E-state index >= 15 is 0 Å². The molecule has 2 aromatic carbocycles. The van der Waals surface area contributed by atoms with Crippen LogP contribution in [0, 0.1) is 5.92 Å². The molecule has 1 heterocycles. The summed E-state index contributed by atoms with van der Waals surface area (Å²) in [7, 11) is 0. The summed E-state index contributed by atoms with van der Waals surface area (Å²) in [5.41, 5.74) is 7.79. The number of anilines is 1. The van der Waals surface area contributed by atoms with Gasteiger partial charge in [-0.2, -0.15) is 0 Å². The quantitative estimate of drug-likeness (QED) is 0.609. The van der Waals surface area contributed by atoms with Crippen molar-refractivity contribution in [1.82, 2.24) is 0 Å². The lowest BCUT2D eigenvalue weighted by Gasteiger charge is -2.27. The Bertz CT molecular complexity index is 893. The molecule has 0 amide bonds. The first-order valence-corrected chi connectivity index (χ1v) is 9.47. The van der Waals surface area contributed by atoms with Gasteiger partial charge in [0, 0.05) is 28.1 Å². The van der Waals surface area contributed by atoms with Crippen LogP contribution in [0.2, 0.25) is 0 Å². The molecule has 1 fully saturated rings. The van der Waals surface area contributed by atoms with E-state index in [9.17, 15) is 0 Å². The van der Waals surface area contributed by atoms with Crippen LogP contribution in [0.15, 0.2) is 96.8 Å². The van der Waals surface area contributed by atoms with E-state index in [0.717, 1.165) is 22.5 Å². The Kier molecular flexibility index (Phi) is 4.62. The lowest BCUT2D eigenvalue weighted by atomic mass is 9.84. The van der Waals surface area contributed by atoms with Crippen LogP contribution >= 0.6 is 0 Å². The van der Waals surface area contributed by atoms with Gasteiger partial charge in [0.25, 0.3) is 0 Å². The van der Waals surface area contributed by atoms with Crippen molar-refractivity contribution in [2.24, 2.45) is 5.92 Å². The molecule has 1 nitrogen and oxygen atoms in total.